The standard InChI is InChI=1S/C17H17NO5/c1-11(22-2)13-6-4-5-7-14(13)15-9-8-12(17(19)23-3)10-16(15)18(20)21/h4-11H,1-3H3. The van der Waals surface area contributed by atoms with Crippen molar-refractivity contribution in [3.63, 3.8) is 0 Å². The lowest BCUT2D eigenvalue weighted by atomic mass is 9.94. The molecule has 0 saturated heterocycles. The third kappa shape index (κ3) is 3.37. The molecule has 120 valence electrons. The normalized spacial score (nSPS) is 11.8. The van der Waals surface area contributed by atoms with Crippen LogP contribution < -0.4 is 0 Å². The van der Waals surface area contributed by atoms with Crippen LogP contribution in [0, 0.1) is 10.1 Å². The summed E-state index contributed by atoms with van der Waals surface area (Å²) in [5.74, 6) is -0.613. The van der Waals surface area contributed by atoms with Crippen LogP contribution in [0.4, 0.5) is 5.69 Å². The number of hydrogen-bond acceptors (Lipinski definition) is 5. The zero-order chi connectivity index (χ0) is 17.0. The highest BCUT2D eigenvalue weighted by Gasteiger charge is 2.22. The van der Waals surface area contributed by atoms with Crippen LogP contribution in [-0.2, 0) is 9.47 Å². The molecule has 0 fully saturated rings. The summed E-state index contributed by atoms with van der Waals surface area (Å²) in [6, 6.07) is 11.6. The molecule has 0 aliphatic heterocycles. The summed E-state index contributed by atoms with van der Waals surface area (Å²) in [5.41, 5.74) is 1.96. The molecule has 0 heterocycles. The molecule has 2 aromatic rings. The summed E-state index contributed by atoms with van der Waals surface area (Å²) < 4.78 is 9.95. The van der Waals surface area contributed by atoms with Gasteiger partial charge in [0.05, 0.1) is 29.3 Å². The number of nitro benzene ring substituents is 1. The number of esters is 1. The number of nitro groups is 1. The largest absolute Gasteiger partial charge is 0.465 e. The number of rotatable bonds is 5. The van der Waals surface area contributed by atoms with Crippen LogP contribution >= 0.6 is 0 Å². The van der Waals surface area contributed by atoms with Crippen molar-refractivity contribution in [2.24, 2.45) is 0 Å². The molecule has 23 heavy (non-hydrogen) atoms. The monoisotopic (exact) mass is 315 g/mol. The lowest BCUT2D eigenvalue weighted by molar-refractivity contribution is -0.384. The van der Waals surface area contributed by atoms with Gasteiger partial charge in [-0.3, -0.25) is 10.1 Å². The Morgan fingerprint density at radius 1 is 1.13 bits per heavy atom. The van der Waals surface area contributed by atoms with Gasteiger partial charge in [0.15, 0.2) is 0 Å². The Morgan fingerprint density at radius 3 is 2.43 bits per heavy atom. The third-order valence-electron chi connectivity index (χ3n) is 3.66. The zero-order valence-corrected chi connectivity index (χ0v) is 13.1. The van der Waals surface area contributed by atoms with E-state index >= 15 is 0 Å². The van der Waals surface area contributed by atoms with Gasteiger partial charge in [-0.2, -0.15) is 0 Å². The molecule has 0 bridgehead atoms. The van der Waals surface area contributed by atoms with Crippen molar-refractivity contribution in [3.8, 4) is 11.1 Å². The number of carbonyl (C=O) groups is 1. The van der Waals surface area contributed by atoms with Gasteiger partial charge in [-0.05, 0) is 30.2 Å². The average Bonchev–Trinajstić information content (AvgIpc) is 2.59. The highest BCUT2D eigenvalue weighted by Crippen LogP contribution is 2.36. The average molecular weight is 315 g/mol. The minimum absolute atomic E-state index is 0.139. The molecule has 0 amide bonds. The fourth-order valence-corrected chi connectivity index (χ4v) is 2.38. The maximum absolute atomic E-state index is 11.6. The first kappa shape index (κ1) is 16.6. The Hall–Kier alpha value is -2.73. The fraction of sp³-hybridized carbons (Fsp3) is 0.235. The summed E-state index contributed by atoms with van der Waals surface area (Å²) in [4.78, 5) is 22.5. The van der Waals surface area contributed by atoms with Gasteiger partial charge in [0, 0.05) is 13.2 Å². The van der Waals surface area contributed by atoms with Crippen molar-refractivity contribution in [1.82, 2.24) is 0 Å². The van der Waals surface area contributed by atoms with Crippen molar-refractivity contribution in [2.45, 2.75) is 13.0 Å². The van der Waals surface area contributed by atoms with Gasteiger partial charge < -0.3 is 9.47 Å². The van der Waals surface area contributed by atoms with Crippen LogP contribution in [0.25, 0.3) is 11.1 Å². The van der Waals surface area contributed by atoms with E-state index in [1.165, 1.54) is 19.2 Å². The van der Waals surface area contributed by atoms with Gasteiger partial charge in [0.25, 0.3) is 5.69 Å². The minimum atomic E-state index is -0.613. The smallest absolute Gasteiger partial charge is 0.338 e. The Balaban J connectivity index is 2.65. The molecule has 2 rings (SSSR count). The molecule has 0 N–H and O–H groups in total. The van der Waals surface area contributed by atoms with Crippen molar-refractivity contribution in [3.05, 3.63) is 63.7 Å². The predicted octanol–water partition coefficient (Wildman–Crippen LogP) is 3.76. The fourth-order valence-electron chi connectivity index (χ4n) is 2.38. The van der Waals surface area contributed by atoms with E-state index in [1.54, 1.807) is 25.3 Å². The SMILES string of the molecule is COC(=O)c1ccc(-c2ccccc2C(C)OC)c([N+](=O)[O-])c1. The Bertz CT molecular complexity index is 742. The lowest BCUT2D eigenvalue weighted by Crippen LogP contribution is -2.04. The molecule has 6 nitrogen and oxygen atoms in total. The number of nitrogens with zero attached hydrogens (tertiary/aromatic N) is 1. The van der Waals surface area contributed by atoms with Crippen molar-refractivity contribution >= 4 is 11.7 Å². The Labute approximate surface area is 133 Å². The number of methoxy groups -OCH3 is 2. The molecule has 0 saturated carbocycles. The van der Waals surface area contributed by atoms with Gasteiger partial charge in [0.1, 0.15) is 0 Å². The van der Waals surface area contributed by atoms with E-state index in [1.807, 2.05) is 19.1 Å². The summed E-state index contributed by atoms with van der Waals surface area (Å²) in [5, 5.41) is 11.4. The molecule has 0 spiro atoms. The summed E-state index contributed by atoms with van der Waals surface area (Å²) in [6.07, 6.45) is -0.217. The number of hydrogen-bond donors (Lipinski definition) is 0. The van der Waals surface area contributed by atoms with Crippen LogP contribution in [0.1, 0.15) is 28.9 Å². The minimum Gasteiger partial charge on any atom is -0.465 e. The highest BCUT2D eigenvalue weighted by atomic mass is 16.6. The Morgan fingerprint density at radius 2 is 1.83 bits per heavy atom. The van der Waals surface area contributed by atoms with E-state index in [9.17, 15) is 14.9 Å². The van der Waals surface area contributed by atoms with Crippen molar-refractivity contribution in [1.29, 1.82) is 0 Å². The van der Waals surface area contributed by atoms with E-state index in [0.29, 0.717) is 11.1 Å². The van der Waals surface area contributed by atoms with E-state index in [0.717, 1.165) is 5.56 Å². The summed E-state index contributed by atoms with van der Waals surface area (Å²) >= 11 is 0. The van der Waals surface area contributed by atoms with E-state index in [2.05, 4.69) is 4.74 Å². The van der Waals surface area contributed by atoms with Crippen LogP contribution in [0.15, 0.2) is 42.5 Å². The number of benzene rings is 2. The van der Waals surface area contributed by atoms with Gasteiger partial charge in [0.2, 0.25) is 0 Å². The first-order valence-electron chi connectivity index (χ1n) is 6.98. The third-order valence-corrected chi connectivity index (χ3v) is 3.66. The summed E-state index contributed by atoms with van der Waals surface area (Å²) in [6.45, 7) is 1.87. The van der Waals surface area contributed by atoms with Crippen LogP contribution in [0.3, 0.4) is 0 Å². The predicted molar refractivity (Wildman–Crippen MR) is 85.3 cm³/mol. The maximum atomic E-state index is 11.6. The quantitative estimate of drug-likeness (QED) is 0.477. The van der Waals surface area contributed by atoms with E-state index < -0.39 is 10.9 Å². The second-order valence-corrected chi connectivity index (χ2v) is 4.95. The van der Waals surface area contributed by atoms with Gasteiger partial charge in [-0.15, -0.1) is 0 Å². The lowest BCUT2D eigenvalue weighted by Gasteiger charge is -2.15. The molecule has 0 aliphatic carbocycles. The molecule has 1 unspecified atom stereocenters. The molecule has 1 atom stereocenters. The van der Waals surface area contributed by atoms with E-state index in [-0.39, 0.29) is 17.4 Å². The maximum Gasteiger partial charge on any atom is 0.338 e. The molecule has 2 aromatic carbocycles. The van der Waals surface area contributed by atoms with Crippen LogP contribution in [0.2, 0.25) is 0 Å². The van der Waals surface area contributed by atoms with Crippen LogP contribution in [-0.4, -0.2) is 25.1 Å². The Kier molecular flexibility index (Phi) is 5.08. The molecular formula is C17H17NO5. The molecule has 0 aliphatic rings. The number of ether oxygens (including phenoxy) is 2. The first-order chi connectivity index (χ1) is 11.0. The second kappa shape index (κ2) is 7.02. The molecule has 0 aromatic heterocycles. The molecule has 0 radical (unpaired) electrons. The van der Waals surface area contributed by atoms with E-state index in [4.69, 9.17) is 4.74 Å². The molecule has 6 heteroatoms. The van der Waals surface area contributed by atoms with Gasteiger partial charge in [-0.25, -0.2) is 4.79 Å². The van der Waals surface area contributed by atoms with Gasteiger partial charge >= 0.3 is 5.97 Å². The highest BCUT2D eigenvalue weighted by molar-refractivity contribution is 5.92. The number of carbonyl (C=O) groups excluding carboxylic acids is 1. The van der Waals surface area contributed by atoms with Gasteiger partial charge in [-0.1, -0.05) is 24.3 Å². The van der Waals surface area contributed by atoms with Crippen molar-refractivity contribution < 1.29 is 19.2 Å². The zero-order valence-electron chi connectivity index (χ0n) is 13.1. The first-order valence-corrected chi connectivity index (χ1v) is 6.98. The second-order valence-electron chi connectivity index (χ2n) is 4.95. The summed E-state index contributed by atoms with van der Waals surface area (Å²) in [7, 11) is 2.81. The molecular weight excluding hydrogens is 298 g/mol. The topological polar surface area (TPSA) is 78.7 Å². The van der Waals surface area contributed by atoms with Crippen molar-refractivity contribution in [2.75, 3.05) is 14.2 Å². The van der Waals surface area contributed by atoms with Crippen LogP contribution in [0.5, 0.6) is 0 Å².